The number of hydrogen-bond donors (Lipinski definition) is 1. The van der Waals surface area contributed by atoms with Crippen molar-refractivity contribution in [1.82, 2.24) is 14.6 Å². The van der Waals surface area contributed by atoms with Gasteiger partial charge < -0.3 is 27.2 Å². The van der Waals surface area contributed by atoms with Gasteiger partial charge in [-0.2, -0.15) is 10.4 Å². The Kier molecular flexibility index (Phi) is 13.5. The molecule has 2 aliphatic heterocycles. The number of carbonyl (C=O) groups is 2. The maximum absolute atomic E-state index is 13.9. The highest BCUT2D eigenvalue weighted by molar-refractivity contribution is 6.84. The van der Waals surface area contributed by atoms with Crippen LogP contribution in [0.3, 0.4) is 0 Å². The molecule has 4 heterocycles. The molecule has 0 aromatic carbocycles. The number of anilines is 1. The predicted molar refractivity (Wildman–Crippen MR) is 197 cm³/mol. The highest BCUT2D eigenvalue weighted by Gasteiger charge is 2.67. The quantitative estimate of drug-likeness (QED) is 0.114. The predicted octanol–water partition coefficient (Wildman–Crippen LogP) is 7.89. The van der Waals surface area contributed by atoms with Crippen LogP contribution in [0.1, 0.15) is 114 Å². The summed E-state index contributed by atoms with van der Waals surface area (Å²) in [6, 6.07) is 5.80. The molecule has 4 rings (SSSR count). The zero-order valence-corrected chi connectivity index (χ0v) is 34.4. The van der Waals surface area contributed by atoms with Crippen molar-refractivity contribution >= 4 is 40.5 Å². The summed E-state index contributed by atoms with van der Waals surface area (Å²) >= 11 is 0. The third-order valence-electron chi connectivity index (χ3n) is 10.5. The lowest BCUT2D eigenvalue weighted by Crippen LogP contribution is -2.66. The van der Waals surface area contributed by atoms with Crippen molar-refractivity contribution in [3.8, 4) is 6.07 Å². The molecule has 51 heavy (non-hydrogen) atoms. The number of nitrogens with one attached hydrogen (secondary N) is 1. The zero-order valence-electron chi connectivity index (χ0n) is 32.4. The molecule has 0 unspecified atom stereocenters. The molecule has 284 valence electrons. The van der Waals surface area contributed by atoms with Crippen molar-refractivity contribution in [2.75, 3.05) is 18.5 Å². The first-order chi connectivity index (χ1) is 24.2. The first-order valence-electron chi connectivity index (χ1n) is 18.8. The molecule has 2 aliphatic rings. The summed E-state index contributed by atoms with van der Waals surface area (Å²) in [5.41, 5.74) is -0.963. The van der Waals surface area contributed by atoms with E-state index in [0.29, 0.717) is 24.1 Å². The van der Waals surface area contributed by atoms with Gasteiger partial charge in [0.15, 0.2) is 11.9 Å². The molecule has 0 bridgehead atoms. The SMILES string of the molecule is CCCCCOC(=O)Nc1ncnn2c([C@]3(C#N)O[C@@H]4CO[Si](C(C)C)(C(C)C)O[Si](C(C)C)(C(C)C)O[C@H]4[C@H]3OC(=O)C(CC)CC)ccc12. The van der Waals surface area contributed by atoms with E-state index in [-0.39, 0.29) is 47.1 Å². The van der Waals surface area contributed by atoms with E-state index in [0.717, 1.165) is 19.3 Å². The van der Waals surface area contributed by atoms with E-state index >= 15 is 0 Å². The number of nitrogens with zero attached hydrogens (tertiary/aromatic N) is 4. The standard InChI is InChI=1S/C36H59N5O8Si2/c1-12-15-16-19-44-35(43)40-33-28-17-18-30(41(28)39-22-38-33)36(21-37)32(46-34(42)27(13-2)14-3)31-29(47-36)20-45-50(23(4)5,24(6)7)49-51(48-31,25(8)9)26(10)11/h17-18,22-27,29,31-32H,12-16,19-20H2,1-11H3,(H,38,39,40,43)/t29-,31-,32-,36+/m1/s1. The lowest BCUT2D eigenvalue weighted by atomic mass is 9.92. The normalized spacial score (nSPS) is 24.5. The van der Waals surface area contributed by atoms with E-state index < -0.39 is 53.1 Å². The Hall–Kier alpha value is -2.88. The minimum atomic E-state index is -3.20. The second-order valence-corrected chi connectivity index (χ2v) is 23.9. The van der Waals surface area contributed by atoms with Crippen molar-refractivity contribution in [3.63, 3.8) is 0 Å². The molecule has 13 nitrogen and oxygen atoms in total. The maximum atomic E-state index is 13.9. The number of carbonyl (C=O) groups excluding carboxylic acids is 2. The van der Waals surface area contributed by atoms with E-state index in [4.69, 9.17) is 27.2 Å². The average molecular weight is 746 g/mol. The summed E-state index contributed by atoms with van der Waals surface area (Å²) < 4.78 is 41.8. The summed E-state index contributed by atoms with van der Waals surface area (Å²) in [6.45, 7) is 23.3. The minimum Gasteiger partial charge on any atom is -0.455 e. The van der Waals surface area contributed by atoms with Gasteiger partial charge >= 0.3 is 29.2 Å². The van der Waals surface area contributed by atoms with E-state index in [1.807, 2.05) is 13.8 Å². The van der Waals surface area contributed by atoms with Crippen molar-refractivity contribution in [1.29, 1.82) is 5.26 Å². The molecule has 4 atom stereocenters. The third kappa shape index (κ3) is 7.77. The van der Waals surface area contributed by atoms with E-state index in [9.17, 15) is 14.9 Å². The molecule has 15 heteroatoms. The number of fused-ring (bicyclic) bond motifs is 2. The number of ether oxygens (including phenoxy) is 3. The largest absolute Gasteiger partial charge is 0.455 e. The van der Waals surface area contributed by atoms with Crippen LogP contribution in [0.25, 0.3) is 5.52 Å². The van der Waals surface area contributed by atoms with Crippen LogP contribution in [0, 0.1) is 17.2 Å². The van der Waals surface area contributed by atoms with Crippen LogP contribution in [-0.2, 0) is 37.6 Å². The molecule has 2 fully saturated rings. The maximum Gasteiger partial charge on any atom is 0.412 e. The van der Waals surface area contributed by atoms with Crippen LogP contribution in [0.2, 0.25) is 22.2 Å². The zero-order chi connectivity index (χ0) is 37.7. The Bertz CT molecular complexity index is 1520. The molecule has 1 N–H and O–H groups in total. The molecule has 2 saturated heterocycles. The molecule has 0 aliphatic carbocycles. The summed E-state index contributed by atoms with van der Waals surface area (Å²) in [5, 5.41) is 18.4. The lowest BCUT2D eigenvalue weighted by Gasteiger charge is -2.51. The first-order valence-corrected chi connectivity index (χ1v) is 22.7. The number of esters is 1. The van der Waals surface area contributed by atoms with Gasteiger partial charge in [-0.1, -0.05) is 89.0 Å². The summed E-state index contributed by atoms with van der Waals surface area (Å²) in [4.78, 5) is 30.8. The molecule has 2 aromatic rings. The summed E-state index contributed by atoms with van der Waals surface area (Å²) in [6.07, 6.45) is 1.64. The van der Waals surface area contributed by atoms with E-state index in [1.165, 1.54) is 10.8 Å². The number of aromatic nitrogens is 3. The highest BCUT2D eigenvalue weighted by atomic mass is 28.5. The number of rotatable bonds is 14. The Morgan fingerprint density at radius 3 is 2.24 bits per heavy atom. The van der Waals surface area contributed by atoms with Crippen LogP contribution in [0.5, 0.6) is 0 Å². The molecule has 1 amide bonds. The number of amides is 1. The fourth-order valence-electron chi connectivity index (χ4n) is 7.51. The fraction of sp³-hybridized carbons (Fsp3) is 0.750. The number of hydrogen-bond acceptors (Lipinski definition) is 11. The molecule has 0 spiro atoms. The van der Waals surface area contributed by atoms with Crippen LogP contribution in [0.15, 0.2) is 18.5 Å². The number of unbranched alkanes of at least 4 members (excludes halogenated alkanes) is 2. The van der Waals surface area contributed by atoms with Gasteiger partial charge in [-0.25, -0.2) is 14.3 Å². The van der Waals surface area contributed by atoms with Crippen molar-refractivity contribution in [2.24, 2.45) is 5.92 Å². The molecular weight excluding hydrogens is 687 g/mol. The second kappa shape index (κ2) is 16.9. The van der Waals surface area contributed by atoms with E-state index in [2.05, 4.69) is 83.8 Å². The lowest BCUT2D eigenvalue weighted by molar-refractivity contribution is -0.165. The van der Waals surface area contributed by atoms with Gasteiger partial charge in [0, 0.05) is 0 Å². The molecule has 0 radical (unpaired) electrons. The summed E-state index contributed by atoms with van der Waals surface area (Å²) in [7, 11) is -6.14. The van der Waals surface area contributed by atoms with Crippen LogP contribution in [-0.4, -0.2) is 75.3 Å². The summed E-state index contributed by atoms with van der Waals surface area (Å²) in [5.74, 6) is -0.617. The van der Waals surface area contributed by atoms with Gasteiger partial charge in [-0.05, 0) is 53.6 Å². The Labute approximate surface area is 305 Å². The monoisotopic (exact) mass is 745 g/mol. The molecule has 0 saturated carbocycles. The third-order valence-corrected chi connectivity index (χ3v) is 20.7. The van der Waals surface area contributed by atoms with Gasteiger partial charge in [0.25, 0.3) is 0 Å². The number of nitriles is 1. The highest BCUT2D eigenvalue weighted by Crippen LogP contribution is 2.51. The van der Waals surface area contributed by atoms with Crippen LogP contribution in [0.4, 0.5) is 10.6 Å². The second-order valence-electron chi connectivity index (χ2n) is 15.0. The van der Waals surface area contributed by atoms with Gasteiger partial charge in [0.2, 0.25) is 5.60 Å². The molecular formula is C36H59N5O8Si2. The fourth-order valence-corrected chi connectivity index (χ4v) is 18.7. The average Bonchev–Trinajstić information content (AvgIpc) is 3.63. The topological polar surface area (TPSA) is 156 Å². The van der Waals surface area contributed by atoms with Gasteiger partial charge in [0.1, 0.15) is 30.1 Å². The minimum absolute atomic E-state index is 0.00562. The van der Waals surface area contributed by atoms with Gasteiger partial charge in [0.05, 0.1) is 24.8 Å². The van der Waals surface area contributed by atoms with E-state index in [1.54, 1.807) is 12.1 Å². The first kappa shape index (κ1) is 40.9. The smallest absolute Gasteiger partial charge is 0.412 e. The van der Waals surface area contributed by atoms with Gasteiger partial charge in [-0.15, -0.1) is 0 Å². The van der Waals surface area contributed by atoms with Crippen molar-refractivity contribution in [2.45, 2.75) is 154 Å². The Morgan fingerprint density at radius 1 is 1.02 bits per heavy atom. The molecule has 2 aromatic heterocycles. The van der Waals surface area contributed by atoms with Crippen LogP contribution < -0.4 is 5.32 Å². The van der Waals surface area contributed by atoms with Crippen molar-refractivity contribution < 1.29 is 36.8 Å². The van der Waals surface area contributed by atoms with Gasteiger partial charge in [-0.3, -0.25) is 10.1 Å². The van der Waals surface area contributed by atoms with Crippen LogP contribution >= 0.6 is 0 Å². The Balaban J connectivity index is 1.88. The Morgan fingerprint density at radius 2 is 1.67 bits per heavy atom. The van der Waals surface area contributed by atoms with Crippen molar-refractivity contribution in [3.05, 3.63) is 24.2 Å².